The highest BCUT2D eigenvalue weighted by molar-refractivity contribution is 6.32. The lowest BCUT2D eigenvalue weighted by atomic mass is 10.0. The second-order valence-electron chi connectivity index (χ2n) is 5.64. The van der Waals surface area contributed by atoms with E-state index in [1.54, 1.807) is 14.2 Å². The van der Waals surface area contributed by atoms with Crippen molar-refractivity contribution in [3.05, 3.63) is 17.2 Å². The van der Waals surface area contributed by atoms with E-state index in [-0.39, 0.29) is 0 Å². The van der Waals surface area contributed by atoms with Gasteiger partial charge >= 0.3 is 0 Å². The monoisotopic (exact) mass is 297 g/mol. The molecule has 3 nitrogen and oxygen atoms in total. The molecule has 0 aromatic heterocycles. The molecule has 0 aliphatic heterocycles. The van der Waals surface area contributed by atoms with Crippen LogP contribution in [-0.2, 0) is 0 Å². The minimum absolute atomic E-state index is 0.500. The van der Waals surface area contributed by atoms with Crippen LogP contribution < -0.4 is 14.8 Å². The van der Waals surface area contributed by atoms with Crippen LogP contribution in [0.2, 0.25) is 5.02 Å². The molecule has 20 heavy (non-hydrogen) atoms. The number of halogens is 1. The number of hydrogen-bond donors (Lipinski definition) is 1. The molecular formula is C16H24ClNO2. The third-order valence-electron chi connectivity index (χ3n) is 4.09. The van der Waals surface area contributed by atoms with Gasteiger partial charge in [0.2, 0.25) is 0 Å². The molecule has 2 unspecified atom stereocenters. The molecule has 0 heterocycles. The van der Waals surface area contributed by atoms with Crippen LogP contribution in [0.1, 0.15) is 39.0 Å². The fourth-order valence-corrected chi connectivity index (χ4v) is 3.06. The third kappa shape index (κ3) is 3.72. The molecule has 0 amide bonds. The lowest BCUT2D eigenvalue weighted by molar-refractivity contribution is 0.404. The van der Waals surface area contributed by atoms with E-state index in [2.05, 4.69) is 12.2 Å². The number of ether oxygens (including phenoxy) is 2. The Morgan fingerprint density at radius 1 is 1.05 bits per heavy atom. The fraction of sp³-hybridized carbons (Fsp3) is 0.625. The van der Waals surface area contributed by atoms with Crippen LogP contribution in [0.15, 0.2) is 12.1 Å². The summed E-state index contributed by atoms with van der Waals surface area (Å²) in [6.45, 7) is 2.34. The van der Waals surface area contributed by atoms with Crippen LogP contribution >= 0.6 is 11.6 Å². The van der Waals surface area contributed by atoms with Gasteiger partial charge in [0.05, 0.1) is 24.9 Å². The van der Waals surface area contributed by atoms with Crippen molar-refractivity contribution in [1.29, 1.82) is 0 Å². The number of methoxy groups -OCH3 is 2. The lowest BCUT2D eigenvalue weighted by Crippen LogP contribution is -2.19. The maximum absolute atomic E-state index is 6.14. The van der Waals surface area contributed by atoms with E-state index in [4.69, 9.17) is 21.1 Å². The summed E-state index contributed by atoms with van der Waals surface area (Å²) in [4.78, 5) is 0. The van der Waals surface area contributed by atoms with Crippen LogP contribution in [0.5, 0.6) is 11.5 Å². The molecule has 4 heteroatoms. The maximum atomic E-state index is 6.14. The Morgan fingerprint density at radius 2 is 1.80 bits per heavy atom. The normalized spacial score (nSPS) is 23.0. The second-order valence-corrected chi connectivity index (χ2v) is 6.05. The number of benzene rings is 1. The maximum Gasteiger partial charge on any atom is 0.143 e. The largest absolute Gasteiger partial charge is 0.495 e. The SMILES string of the molecule is COc1cc(NC2CCCC(C)CC2)c(OC)cc1Cl. The molecule has 0 radical (unpaired) electrons. The van der Waals surface area contributed by atoms with Crippen molar-refractivity contribution in [2.45, 2.75) is 45.1 Å². The van der Waals surface area contributed by atoms with Crippen LogP contribution in [0.3, 0.4) is 0 Å². The van der Waals surface area contributed by atoms with E-state index in [1.165, 1.54) is 32.1 Å². The third-order valence-corrected chi connectivity index (χ3v) is 4.39. The zero-order valence-corrected chi connectivity index (χ0v) is 13.3. The lowest BCUT2D eigenvalue weighted by Gasteiger charge is -2.20. The van der Waals surface area contributed by atoms with Crippen LogP contribution in [0.4, 0.5) is 5.69 Å². The highest BCUT2D eigenvalue weighted by Gasteiger charge is 2.18. The molecule has 1 aromatic carbocycles. The smallest absolute Gasteiger partial charge is 0.143 e. The van der Waals surface area contributed by atoms with Crippen LogP contribution in [0.25, 0.3) is 0 Å². The van der Waals surface area contributed by atoms with Gasteiger partial charge in [0.1, 0.15) is 11.5 Å². The molecule has 1 aromatic rings. The Labute approximate surface area is 126 Å². The Morgan fingerprint density at radius 3 is 2.50 bits per heavy atom. The van der Waals surface area contributed by atoms with Gasteiger partial charge in [-0.1, -0.05) is 31.4 Å². The first-order chi connectivity index (χ1) is 9.63. The molecule has 0 bridgehead atoms. The molecule has 1 fully saturated rings. The fourth-order valence-electron chi connectivity index (χ4n) is 2.82. The van der Waals surface area contributed by atoms with Crippen LogP contribution in [0, 0.1) is 5.92 Å². The molecule has 1 aliphatic rings. The second kappa shape index (κ2) is 7.07. The summed E-state index contributed by atoms with van der Waals surface area (Å²) in [5.41, 5.74) is 0.966. The van der Waals surface area contributed by atoms with E-state index < -0.39 is 0 Å². The molecule has 2 atom stereocenters. The van der Waals surface area contributed by atoms with E-state index in [0.29, 0.717) is 16.8 Å². The summed E-state index contributed by atoms with van der Waals surface area (Å²) < 4.78 is 10.7. The highest BCUT2D eigenvalue weighted by Crippen LogP contribution is 2.37. The Kier molecular flexibility index (Phi) is 5.41. The van der Waals surface area contributed by atoms with Gasteiger partial charge in [0, 0.05) is 18.2 Å². The van der Waals surface area contributed by atoms with E-state index >= 15 is 0 Å². The summed E-state index contributed by atoms with van der Waals surface area (Å²) in [6, 6.07) is 4.23. The number of rotatable bonds is 4. The van der Waals surface area contributed by atoms with Crippen molar-refractivity contribution in [1.82, 2.24) is 0 Å². The van der Waals surface area contributed by atoms with Gasteiger partial charge in [-0.05, 0) is 25.2 Å². The number of nitrogens with one attached hydrogen (secondary N) is 1. The van der Waals surface area contributed by atoms with Crippen molar-refractivity contribution in [3.63, 3.8) is 0 Å². The molecule has 1 saturated carbocycles. The van der Waals surface area contributed by atoms with Crippen molar-refractivity contribution >= 4 is 17.3 Å². The molecule has 1 aliphatic carbocycles. The topological polar surface area (TPSA) is 30.5 Å². The minimum atomic E-state index is 0.500. The standard InChI is InChI=1S/C16H24ClNO2/c1-11-5-4-6-12(8-7-11)18-14-10-15(19-2)13(17)9-16(14)20-3/h9-12,18H,4-8H2,1-3H3. The summed E-state index contributed by atoms with van der Waals surface area (Å²) in [7, 11) is 3.29. The molecule has 1 N–H and O–H groups in total. The van der Waals surface area contributed by atoms with Crippen molar-refractivity contribution < 1.29 is 9.47 Å². The average Bonchev–Trinajstić information content (AvgIpc) is 2.65. The van der Waals surface area contributed by atoms with Crippen molar-refractivity contribution in [2.75, 3.05) is 19.5 Å². The predicted octanol–water partition coefficient (Wildman–Crippen LogP) is 4.74. The van der Waals surface area contributed by atoms with E-state index in [9.17, 15) is 0 Å². The van der Waals surface area contributed by atoms with Gasteiger partial charge in [-0.2, -0.15) is 0 Å². The van der Waals surface area contributed by atoms with Gasteiger partial charge in [0.25, 0.3) is 0 Å². The van der Waals surface area contributed by atoms with E-state index in [0.717, 1.165) is 17.4 Å². The summed E-state index contributed by atoms with van der Waals surface area (Å²) >= 11 is 6.14. The highest BCUT2D eigenvalue weighted by atomic mass is 35.5. The summed E-state index contributed by atoms with van der Waals surface area (Å²) in [5.74, 6) is 2.29. The van der Waals surface area contributed by atoms with Gasteiger partial charge < -0.3 is 14.8 Å². The van der Waals surface area contributed by atoms with Gasteiger partial charge in [-0.25, -0.2) is 0 Å². The Hall–Kier alpha value is -1.09. The molecule has 0 spiro atoms. The average molecular weight is 298 g/mol. The van der Waals surface area contributed by atoms with Gasteiger partial charge in [-0.3, -0.25) is 0 Å². The van der Waals surface area contributed by atoms with Gasteiger partial charge in [-0.15, -0.1) is 0 Å². The molecule has 112 valence electrons. The molecule has 2 rings (SSSR count). The Balaban J connectivity index is 2.14. The van der Waals surface area contributed by atoms with Crippen molar-refractivity contribution in [3.8, 4) is 11.5 Å². The van der Waals surface area contributed by atoms with Crippen molar-refractivity contribution in [2.24, 2.45) is 5.92 Å². The Bertz CT molecular complexity index is 450. The molecular weight excluding hydrogens is 274 g/mol. The zero-order valence-electron chi connectivity index (χ0n) is 12.5. The number of anilines is 1. The summed E-state index contributed by atoms with van der Waals surface area (Å²) in [5, 5.41) is 4.17. The summed E-state index contributed by atoms with van der Waals surface area (Å²) in [6.07, 6.45) is 6.31. The number of hydrogen-bond acceptors (Lipinski definition) is 3. The predicted molar refractivity (Wildman–Crippen MR) is 84.2 cm³/mol. The first-order valence-electron chi connectivity index (χ1n) is 7.32. The quantitative estimate of drug-likeness (QED) is 0.814. The zero-order chi connectivity index (χ0) is 14.5. The minimum Gasteiger partial charge on any atom is -0.495 e. The van der Waals surface area contributed by atoms with Crippen LogP contribution in [-0.4, -0.2) is 20.3 Å². The first-order valence-corrected chi connectivity index (χ1v) is 7.70. The van der Waals surface area contributed by atoms with Gasteiger partial charge in [0.15, 0.2) is 0 Å². The molecule has 0 saturated heterocycles. The van der Waals surface area contributed by atoms with E-state index in [1.807, 2.05) is 12.1 Å². The first kappa shape index (κ1) is 15.3.